The van der Waals surface area contributed by atoms with Crippen molar-refractivity contribution in [3.05, 3.63) is 29.7 Å². The summed E-state index contributed by atoms with van der Waals surface area (Å²) >= 11 is 0. The number of likely N-dealkylation sites (tertiary alicyclic amines) is 2. The monoisotopic (exact) mass is 353 g/mol. The quantitative estimate of drug-likeness (QED) is 0.825. The van der Waals surface area contributed by atoms with Crippen LogP contribution in [0.15, 0.2) is 18.5 Å². The predicted molar refractivity (Wildman–Crippen MR) is 94.7 cm³/mol. The first-order valence-corrected chi connectivity index (χ1v) is 9.54. The topological polar surface area (TPSA) is 70.8 Å². The van der Waals surface area contributed by atoms with Crippen LogP contribution in [0.3, 0.4) is 0 Å². The van der Waals surface area contributed by atoms with E-state index in [1.165, 1.54) is 0 Å². The zero-order valence-corrected chi connectivity index (χ0v) is 15.0. The number of hydrogen-bond donors (Lipinski definition) is 0. The van der Waals surface area contributed by atoms with Gasteiger partial charge in [-0.2, -0.15) is 5.10 Å². The second-order valence-corrected chi connectivity index (χ2v) is 7.78. The molecule has 1 aliphatic carbocycles. The van der Waals surface area contributed by atoms with Crippen LogP contribution in [0.2, 0.25) is 0 Å². The molecule has 26 heavy (non-hydrogen) atoms. The van der Waals surface area contributed by atoms with E-state index >= 15 is 0 Å². The highest BCUT2D eigenvalue weighted by Gasteiger charge is 2.55. The maximum Gasteiger partial charge on any atom is 0.258 e. The van der Waals surface area contributed by atoms with Gasteiger partial charge in [-0.3, -0.25) is 9.59 Å². The smallest absolute Gasteiger partial charge is 0.258 e. The van der Waals surface area contributed by atoms with Gasteiger partial charge in [-0.25, -0.2) is 9.50 Å². The molecule has 7 heteroatoms. The summed E-state index contributed by atoms with van der Waals surface area (Å²) in [4.78, 5) is 35.0. The van der Waals surface area contributed by atoms with Gasteiger partial charge in [-0.1, -0.05) is 0 Å². The Bertz CT molecular complexity index is 902. The number of amides is 2. The molecule has 1 spiro atoms. The standard InChI is InChI=1S/C19H23N5O2/c1-13-15(12-20-16-6-9-21-24(13)16)17(25)23-11-3-8-19(23)7-2-10-22(18(19)26)14-4-5-14/h6,9,12,14H,2-5,7-8,10-11H2,1H3. The van der Waals surface area contributed by atoms with Crippen LogP contribution in [0.4, 0.5) is 0 Å². The largest absolute Gasteiger partial charge is 0.338 e. The second kappa shape index (κ2) is 5.53. The molecular formula is C19H23N5O2. The molecule has 1 saturated carbocycles. The number of rotatable bonds is 2. The van der Waals surface area contributed by atoms with Crippen molar-refractivity contribution in [2.24, 2.45) is 0 Å². The number of aromatic nitrogens is 3. The fraction of sp³-hybridized carbons (Fsp3) is 0.579. The number of piperidine rings is 1. The summed E-state index contributed by atoms with van der Waals surface area (Å²) in [6.07, 6.45) is 8.93. The van der Waals surface area contributed by atoms with E-state index in [4.69, 9.17) is 0 Å². The molecule has 5 rings (SSSR count). The highest BCUT2D eigenvalue weighted by atomic mass is 16.2. The van der Waals surface area contributed by atoms with Crippen LogP contribution in [-0.2, 0) is 4.79 Å². The van der Waals surface area contributed by atoms with Crippen molar-refractivity contribution in [2.45, 2.75) is 57.0 Å². The summed E-state index contributed by atoms with van der Waals surface area (Å²) in [6, 6.07) is 2.22. The zero-order chi connectivity index (χ0) is 17.9. The highest BCUT2D eigenvalue weighted by molar-refractivity contribution is 6.00. The maximum atomic E-state index is 13.4. The third-order valence-corrected chi connectivity index (χ3v) is 6.26. The minimum absolute atomic E-state index is 0.0871. The normalized spacial score (nSPS) is 26.3. The van der Waals surface area contributed by atoms with Crippen LogP contribution in [0.5, 0.6) is 0 Å². The van der Waals surface area contributed by atoms with Crippen LogP contribution in [-0.4, -0.2) is 60.9 Å². The Morgan fingerprint density at radius 2 is 2.00 bits per heavy atom. The van der Waals surface area contributed by atoms with Gasteiger partial charge < -0.3 is 9.80 Å². The van der Waals surface area contributed by atoms with Gasteiger partial charge >= 0.3 is 0 Å². The summed E-state index contributed by atoms with van der Waals surface area (Å²) in [5, 5.41) is 4.26. The molecule has 0 radical (unpaired) electrons. The Balaban J connectivity index is 1.52. The molecular weight excluding hydrogens is 330 g/mol. The Morgan fingerprint density at radius 1 is 1.23 bits per heavy atom. The van der Waals surface area contributed by atoms with Gasteiger partial charge in [0.05, 0.1) is 17.5 Å². The van der Waals surface area contributed by atoms with E-state index in [9.17, 15) is 9.59 Å². The molecule has 3 fully saturated rings. The molecule has 2 saturated heterocycles. The molecule has 2 aromatic rings. The van der Waals surface area contributed by atoms with E-state index in [0.29, 0.717) is 18.2 Å². The Kier molecular flexibility index (Phi) is 3.36. The van der Waals surface area contributed by atoms with E-state index in [0.717, 1.165) is 56.4 Å². The van der Waals surface area contributed by atoms with Crippen molar-refractivity contribution in [3.8, 4) is 0 Å². The Labute approximate surface area is 152 Å². The highest BCUT2D eigenvalue weighted by Crippen LogP contribution is 2.42. The lowest BCUT2D eigenvalue weighted by Crippen LogP contribution is -2.61. The number of nitrogens with zero attached hydrogens (tertiary/aromatic N) is 5. The minimum Gasteiger partial charge on any atom is -0.338 e. The first-order chi connectivity index (χ1) is 12.6. The predicted octanol–water partition coefficient (Wildman–Crippen LogP) is 1.80. The summed E-state index contributed by atoms with van der Waals surface area (Å²) in [5.74, 6) is 0.0822. The van der Waals surface area contributed by atoms with Crippen LogP contribution in [0.1, 0.15) is 54.6 Å². The second-order valence-electron chi connectivity index (χ2n) is 7.78. The number of fused-ring (bicyclic) bond motifs is 1. The maximum absolute atomic E-state index is 13.4. The third kappa shape index (κ3) is 2.12. The van der Waals surface area contributed by atoms with Crippen LogP contribution in [0.25, 0.3) is 5.65 Å². The number of carbonyl (C=O) groups excluding carboxylic acids is 2. The average Bonchev–Trinajstić information content (AvgIpc) is 3.21. The summed E-state index contributed by atoms with van der Waals surface area (Å²) in [7, 11) is 0. The molecule has 1 atom stereocenters. The van der Waals surface area contributed by atoms with E-state index < -0.39 is 5.54 Å². The summed E-state index contributed by atoms with van der Waals surface area (Å²) < 4.78 is 1.69. The molecule has 0 N–H and O–H groups in total. The van der Waals surface area contributed by atoms with Crippen molar-refractivity contribution in [3.63, 3.8) is 0 Å². The lowest BCUT2D eigenvalue weighted by molar-refractivity contribution is -0.146. The van der Waals surface area contributed by atoms with Crippen molar-refractivity contribution in [1.82, 2.24) is 24.4 Å². The van der Waals surface area contributed by atoms with E-state index in [1.54, 1.807) is 16.9 Å². The molecule has 0 bridgehead atoms. The van der Waals surface area contributed by atoms with Gasteiger partial charge in [0, 0.05) is 31.4 Å². The van der Waals surface area contributed by atoms with Crippen molar-refractivity contribution < 1.29 is 9.59 Å². The van der Waals surface area contributed by atoms with Crippen molar-refractivity contribution >= 4 is 17.5 Å². The first kappa shape index (κ1) is 15.8. The third-order valence-electron chi connectivity index (χ3n) is 6.26. The van der Waals surface area contributed by atoms with Crippen LogP contribution >= 0.6 is 0 Å². The molecule has 2 amide bonds. The summed E-state index contributed by atoms with van der Waals surface area (Å²) in [6.45, 7) is 3.36. The SMILES string of the molecule is Cc1c(C(=O)N2CCCC23CCCN(C2CC2)C3=O)cnc2ccnn12. The molecule has 4 heterocycles. The van der Waals surface area contributed by atoms with Gasteiger partial charge in [-0.05, 0) is 45.4 Å². The number of aryl methyl sites for hydroxylation is 1. The molecule has 1 unspecified atom stereocenters. The lowest BCUT2D eigenvalue weighted by atomic mass is 9.85. The molecule has 136 valence electrons. The fourth-order valence-electron chi connectivity index (χ4n) is 4.76. The van der Waals surface area contributed by atoms with Gasteiger partial charge in [0.1, 0.15) is 5.54 Å². The number of hydrogen-bond acceptors (Lipinski definition) is 4. The fourth-order valence-corrected chi connectivity index (χ4v) is 4.76. The van der Waals surface area contributed by atoms with Crippen LogP contribution < -0.4 is 0 Å². The molecule has 0 aromatic carbocycles. The molecule has 7 nitrogen and oxygen atoms in total. The molecule has 2 aliphatic heterocycles. The first-order valence-electron chi connectivity index (χ1n) is 9.54. The lowest BCUT2D eigenvalue weighted by Gasteiger charge is -2.44. The van der Waals surface area contributed by atoms with Gasteiger partial charge in [0.25, 0.3) is 5.91 Å². The number of carbonyl (C=O) groups is 2. The van der Waals surface area contributed by atoms with E-state index in [2.05, 4.69) is 10.1 Å². The van der Waals surface area contributed by atoms with Crippen molar-refractivity contribution in [1.29, 1.82) is 0 Å². The van der Waals surface area contributed by atoms with Gasteiger partial charge in [0.2, 0.25) is 5.91 Å². The molecule has 3 aliphatic rings. The van der Waals surface area contributed by atoms with Gasteiger partial charge in [-0.15, -0.1) is 0 Å². The Hall–Kier alpha value is -2.44. The molecule has 2 aromatic heterocycles. The Morgan fingerprint density at radius 3 is 2.77 bits per heavy atom. The van der Waals surface area contributed by atoms with E-state index in [-0.39, 0.29) is 11.8 Å². The average molecular weight is 353 g/mol. The minimum atomic E-state index is -0.649. The summed E-state index contributed by atoms with van der Waals surface area (Å²) in [5.41, 5.74) is 1.39. The van der Waals surface area contributed by atoms with Crippen molar-refractivity contribution in [2.75, 3.05) is 13.1 Å². The van der Waals surface area contributed by atoms with Gasteiger partial charge in [0.15, 0.2) is 5.65 Å². The van der Waals surface area contributed by atoms with Crippen LogP contribution in [0, 0.1) is 6.92 Å². The zero-order valence-electron chi connectivity index (χ0n) is 15.0. The van der Waals surface area contributed by atoms with E-state index in [1.807, 2.05) is 22.8 Å².